The molecule has 0 aliphatic carbocycles. The Kier molecular flexibility index (Phi) is 13.1. The summed E-state index contributed by atoms with van der Waals surface area (Å²) in [5.41, 5.74) is 0.544. The molecular formula is C31H54N4O5. The van der Waals surface area contributed by atoms with Gasteiger partial charge in [0.15, 0.2) is 0 Å². The number of carbonyl (C=O) groups is 4. The molecule has 2 aliphatic rings. The predicted octanol–water partition coefficient (Wildman–Crippen LogP) is 3.62. The van der Waals surface area contributed by atoms with Crippen LogP contribution in [0.1, 0.15) is 87.5 Å². The summed E-state index contributed by atoms with van der Waals surface area (Å²) < 4.78 is 5.18. The summed E-state index contributed by atoms with van der Waals surface area (Å²) in [5.74, 6) is -0.976. The molecule has 1 N–H and O–H groups in total. The van der Waals surface area contributed by atoms with Gasteiger partial charge in [-0.2, -0.15) is 0 Å². The number of likely N-dealkylation sites (N-methyl/N-ethyl adjacent to an activating group) is 1. The fourth-order valence-electron chi connectivity index (χ4n) is 5.93. The van der Waals surface area contributed by atoms with E-state index in [2.05, 4.69) is 24.1 Å². The van der Waals surface area contributed by atoms with Gasteiger partial charge in [0.05, 0.1) is 24.6 Å². The van der Waals surface area contributed by atoms with Crippen molar-refractivity contribution >= 4 is 23.7 Å². The Morgan fingerprint density at radius 3 is 2.23 bits per heavy atom. The van der Waals surface area contributed by atoms with E-state index in [4.69, 9.17) is 4.74 Å². The van der Waals surface area contributed by atoms with Crippen molar-refractivity contribution in [2.75, 3.05) is 33.3 Å². The summed E-state index contributed by atoms with van der Waals surface area (Å²) in [7, 11) is 1.75. The molecule has 2 aliphatic heterocycles. The SMILES string of the molecule is CCOC(=O)C1CCCN(C(=O)/C(C)=C/[C@H](C(C)C)N(C)C(=O)C(NC(=O)C2CCCCN2C(C)C)C(C)C)C1. The Morgan fingerprint density at radius 1 is 0.975 bits per heavy atom. The van der Waals surface area contributed by atoms with Crippen LogP contribution in [0.2, 0.25) is 0 Å². The maximum atomic E-state index is 13.8. The first kappa shape index (κ1) is 33.8. The van der Waals surface area contributed by atoms with Crippen molar-refractivity contribution in [2.45, 2.75) is 112 Å². The van der Waals surface area contributed by atoms with Gasteiger partial charge in [-0.15, -0.1) is 0 Å². The summed E-state index contributed by atoms with van der Waals surface area (Å²) in [4.78, 5) is 58.5. The molecule has 4 atom stereocenters. The summed E-state index contributed by atoms with van der Waals surface area (Å²) in [6, 6.07) is -0.958. The summed E-state index contributed by atoms with van der Waals surface area (Å²) >= 11 is 0. The smallest absolute Gasteiger partial charge is 0.310 e. The molecule has 0 aromatic carbocycles. The van der Waals surface area contributed by atoms with Crippen LogP contribution in [0, 0.1) is 17.8 Å². The quantitative estimate of drug-likeness (QED) is 0.305. The van der Waals surface area contributed by atoms with Gasteiger partial charge in [-0.05, 0) is 71.8 Å². The van der Waals surface area contributed by atoms with Crippen LogP contribution in [0.5, 0.6) is 0 Å². The molecule has 9 heteroatoms. The number of hydrogen-bond acceptors (Lipinski definition) is 6. The Labute approximate surface area is 242 Å². The van der Waals surface area contributed by atoms with Gasteiger partial charge >= 0.3 is 5.97 Å². The van der Waals surface area contributed by atoms with E-state index in [-0.39, 0.29) is 59.6 Å². The third-order valence-electron chi connectivity index (χ3n) is 8.31. The van der Waals surface area contributed by atoms with Crippen LogP contribution in [-0.2, 0) is 23.9 Å². The lowest BCUT2D eigenvalue weighted by atomic mass is 9.95. The summed E-state index contributed by atoms with van der Waals surface area (Å²) in [6.45, 7) is 17.9. The molecule has 9 nitrogen and oxygen atoms in total. The molecule has 2 saturated heterocycles. The highest BCUT2D eigenvalue weighted by atomic mass is 16.5. The predicted molar refractivity (Wildman–Crippen MR) is 157 cm³/mol. The van der Waals surface area contributed by atoms with Crippen molar-refractivity contribution in [1.82, 2.24) is 20.0 Å². The molecule has 2 fully saturated rings. The highest BCUT2D eigenvalue weighted by molar-refractivity contribution is 5.94. The van der Waals surface area contributed by atoms with Gasteiger partial charge in [0.2, 0.25) is 17.7 Å². The van der Waals surface area contributed by atoms with E-state index in [9.17, 15) is 19.2 Å². The van der Waals surface area contributed by atoms with E-state index in [0.29, 0.717) is 25.3 Å². The van der Waals surface area contributed by atoms with Crippen LogP contribution >= 0.6 is 0 Å². The first-order valence-electron chi connectivity index (χ1n) is 15.3. The number of nitrogens with zero attached hydrogens (tertiary/aromatic N) is 3. The topological polar surface area (TPSA) is 99.3 Å². The molecule has 40 heavy (non-hydrogen) atoms. The number of esters is 1. The number of nitrogens with one attached hydrogen (secondary N) is 1. The molecule has 3 unspecified atom stereocenters. The third kappa shape index (κ3) is 8.79. The lowest BCUT2D eigenvalue weighted by Gasteiger charge is -2.39. The third-order valence-corrected chi connectivity index (χ3v) is 8.31. The highest BCUT2D eigenvalue weighted by Crippen LogP contribution is 2.23. The van der Waals surface area contributed by atoms with Gasteiger partial charge in [0, 0.05) is 31.8 Å². The van der Waals surface area contributed by atoms with Crippen LogP contribution in [0.3, 0.4) is 0 Å². The molecule has 0 aromatic heterocycles. The molecule has 2 rings (SSSR count). The van der Waals surface area contributed by atoms with E-state index < -0.39 is 6.04 Å². The fourth-order valence-corrected chi connectivity index (χ4v) is 5.93. The fraction of sp³-hybridized carbons (Fsp3) is 0.806. The van der Waals surface area contributed by atoms with Crippen molar-refractivity contribution in [3.8, 4) is 0 Å². The number of carbonyl (C=O) groups excluding carboxylic acids is 4. The molecule has 2 heterocycles. The van der Waals surface area contributed by atoms with E-state index in [1.165, 1.54) is 0 Å². The van der Waals surface area contributed by atoms with Crippen LogP contribution in [-0.4, -0.2) is 95.8 Å². The van der Waals surface area contributed by atoms with Crippen molar-refractivity contribution in [1.29, 1.82) is 0 Å². The number of rotatable bonds is 11. The standard InChI is InChI=1S/C31H54N4O5/c1-10-40-31(39)24-14-13-16-34(19-24)29(37)23(8)18-26(20(2)3)33(9)30(38)27(21(4)5)32-28(36)25-15-11-12-17-35(25)22(6)7/h18,20-22,24-27H,10-17,19H2,1-9H3,(H,32,36)/b23-18+/t24?,25?,26-,27?/m1/s1. The molecule has 0 saturated carbocycles. The molecule has 0 radical (unpaired) electrons. The molecular weight excluding hydrogens is 508 g/mol. The lowest BCUT2D eigenvalue weighted by molar-refractivity contribution is -0.151. The maximum absolute atomic E-state index is 13.8. The molecule has 228 valence electrons. The Bertz CT molecular complexity index is 915. The zero-order valence-corrected chi connectivity index (χ0v) is 26.4. The van der Waals surface area contributed by atoms with E-state index >= 15 is 0 Å². The number of hydrogen-bond donors (Lipinski definition) is 1. The van der Waals surface area contributed by atoms with Crippen molar-refractivity contribution in [3.63, 3.8) is 0 Å². The maximum Gasteiger partial charge on any atom is 0.310 e. The van der Waals surface area contributed by atoms with Gasteiger partial charge in [0.25, 0.3) is 0 Å². The number of amides is 3. The van der Waals surface area contributed by atoms with Gasteiger partial charge in [0.1, 0.15) is 6.04 Å². The van der Waals surface area contributed by atoms with Crippen LogP contribution in [0.15, 0.2) is 11.6 Å². The van der Waals surface area contributed by atoms with Gasteiger partial charge in [-0.25, -0.2) is 0 Å². The van der Waals surface area contributed by atoms with E-state index in [1.807, 2.05) is 33.8 Å². The van der Waals surface area contributed by atoms with Crippen molar-refractivity contribution in [2.24, 2.45) is 17.8 Å². The monoisotopic (exact) mass is 562 g/mol. The Balaban J connectivity index is 2.17. The second kappa shape index (κ2) is 15.5. The first-order valence-corrected chi connectivity index (χ1v) is 15.3. The van der Waals surface area contributed by atoms with Gasteiger partial charge < -0.3 is 19.9 Å². The zero-order valence-electron chi connectivity index (χ0n) is 26.4. The number of piperidine rings is 2. The Morgan fingerprint density at radius 2 is 1.65 bits per heavy atom. The Hall–Kier alpha value is -2.42. The normalized spacial score (nSPS) is 22.3. The van der Waals surface area contributed by atoms with Crippen molar-refractivity contribution < 1.29 is 23.9 Å². The van der Waals surface area contributed by atoms with Gasteiger partial charge in [-0.1, -0.05) is 40.2 Å². The minimum Gasteiger partial charge on any atom is -0.466 e. The average molecular weight is 563 g/mol. The number of ether oxygens (including phenoxy) is 1. The molecule has 0 spiro atoms. The largest absolute Gasteiger partial charge is 0.466 e. The molecule has 0 bridgehead atoms. The van der Waals surface area contributed by atoms with Crippen LogP contribution in [0.4, 0.5) is 0 Å². The van der Waals surface area contributed by atoms with E-state index in [0.717, 1.165) is 38.6 Å². The second-order valence-corrected chi connectivity index (χ2v) is 12.4. The van der Waals surface area contributed by atoms with Crippen LogP contribution in [0.25, 0.3) is 0 Å². The second-order valence-electron chi connectivity index (χ2n) is 12.4. The minimum atomic E-state index is -0.661. The number of likely N-dealkylation sites (tertiary alicyclic amines) is 2. The molecule has 0 aromatic rings. The summed E-state index contributed by atoms with van der Waals surface area (Å²) in [6.07, 6.45) is 6.21. The average Bonchev–Trinajstić information content (AvgIpc) is 2.92. The zero-order chi connectivity index (χ0) is 30.1. The van der Waals surface area contributed by atoms with Crippen molar-refractivity contribution in [3.05, 3.63) is 11.6 Å². The summed E-state index contributed by atoms with van der Waals surface area (Å²) in [5, 5.41) is 3.09. The lowest BCUT2D eigenvalue weighted by Crippen LogP contribution is -2.58. The molecule has 3 amide bonds. The minimum absolute atomic E-state index is 0.0450. The highest BCUT2D eigenvalue weighted by Gasteiger charge is 2.36. The van der Waals surface area contributed by atoms with Gasteiger partial charge in [-0.3, -0.25) is 24.1 Å². The van der Waals surface area contributed by atoms with Crippen LogP contribution < -0.4 is 5.32 Å². The first-order chi connectivity index (χ1) is 18.8. The van der Waals surface area contributed by atoms with E-state index in [1.54, 1.807) is 30.7 Å².